The van der Waals surface area contributed by atoms with Gasteiger partial charge in [0.25, 0.3) is 0 Å². The van der Waals surface area contributed by atoms with E-state index in [1.807, 2.05) is 0 Å². The molecule has 2 aromatic rings. The Labute approximate surface area is 123 Å². The van der Waals surface area contributed by atoms with Crippen LogP contribution in [0.4, 0.5) is 0 Å². The molecule has 1 heterocycles. The van der Waals surface area contributed by atoms with Crippen molar-refractivity contribution in [1.29, 1.82) is 0 Å². The highest BCUT2D eigenvalue weighted by Gasteiger charge is 2.33. The number of Topliss-reactive ketones (excluding diaryl/α,β-unsaturated/α-hetero) is 1. The van der Waals surface area contributed by atoms with Gasteiger partial charge in [-0.3, -0.25) is 4.79 Å². The number of ketones is 1. The summed E-state index contributed by atoms with van der Waals surface area (Å²) in [6, 6.07) is 4.91. The number of carbonyl (C=O) groups is 1. The zero-order valence-corrected chi connectivity index (χ0v) is 10.9. The lowest BCUT2D eigenvalue weighted by atomic mass is 10.1. The van der Waals surface area contributed by atoms with Crippen molar-refractivity contribution in [2.24, 2.45) is 0 Å². The zero-order chi connectivity index (χ0) is 16.0. The number of phenolic OH excluding ortho intramolecular Hbond substituents is 5. The molecule has 7 nitrogen and oxygen atoms in total. The second-order valence-electron chi connectivity index (χ2n) is 4.65. The molecular weight excluding hydrogens is 292 g/mol. The van der Waals surface area contributed by atoms with Crippen LogP contribution in [-0.2, 0) is 0 Å². The SMILES string of the molecule is O=C1C(=Cc2ccc(O)c(O)c2)Oc2cc(O)c(O)c(O)c21. The number of allylic oxidation sites excluding steroid dienone is 1. The van der Waals surface area contributed by atoms with Crippen molar-refractivity contribution >= 4 is 11.9 Å². The van der Waals surface area contributed by atoms with Crippen LogP contribution in [0.25, 0.3) is 6.08 Å². The quantitative estimate of drug-likeness (QED) is 0.401. The van der Waals surface area contributed by atoms with Crippen LogP contribution < -0.4 is 4.74 Å². The van der Waals surface area contributed by atoms with Crippen molar-refractivity contribution in [3.8, 4) is 34.5 Å². The first-order valence-electron chi connectivity index (χ1n) is 6.12. The van der Waals surface area contributed by atoms with Crippen LogP contribution in [0.1, 0.15) is 15.9 Å². The van der Waals surface area contributed by atoms with Gasteiger partial charge in [0.1, 0.15) is 11.3 Å². The van der Waals surface area contributed by atoms with Crippen LogP contribution >= 0.6 is 0 Å². The highest BCUT2D eigenvalue weighted by Crippen LogP contribution is 2.47. The first kappa shape index (κ1) is 13.6. The van der Waals surface area contributed by atoms with E-state index in [1.54, 1.807) is 0 Å². The average molecular weight is 302 g/mol. The molecule has 0 radical (unpaired) electrons. The Morgan fingerprint density at radius 2 is 1.59 bits per heavy atom. The van der Waals surface area contributed by atoms with E-state index in [0.29, 0.717) is 5.56 Å². The molecule has 0 spiro atoms. The zero-order valence-electron chi connectivity index (χ0n) is 10.9. The molecule has 22 heavy (non-hydrogen) atoms. The third-order valence-corrected chi connectivity index (χ3v) is 3.19. The lowest BCUT2D eigenvalue weighted by Gasteiger charge is -2.03. The van der Waals surface area contributed by atoms with Crippen molar-refractivity contribution in [2.45, 2.75) is 0 Å². The third-order valence-electron chi connectivity index (χ3n) is 3.19. The molecule has 0 fully saturated rings. The minimum atomic E-state index is -0.806. The van der Waals surface area contributed by atoms with Gasteiger partial charge in [-0.05, 0) is 23.8 Å². The maximum atomic E-state index is 12.2. The summed E-state index contributed by atoms with van der Waals surface area (Å²) in [7, 11) is 0. The molecule has 2 aromatic carbocycles. The van der Waals surface area contributed by atoms with Gasteiger partial charge >= 0.3 is 0 Å². The summed E-state index contributed by atoms with van der Waals surface area (Å²) >= 11 is 0. The van der Waals surface area contributed by atoms with Crippen LogP contribution in [0, 0.1) is 0 Å². The first-order chi connectivity index (χ1) is 10.4. The smallest absolute Gasteiger partial charge is 0.235 e. The van der Waals surface area contributed by atoms with Crippen molar-refractivity contribution in [3.63, 3.8) is 0 Å². The fourth-order valence-electron chi connectivity index (χ4n) is 2.09. The van der Waals surface area contributed by atoms with E-state index in [0.717, 1.165) is 6.07 Å². The molecule has 0 saturated carbocycles. The van der Waals surface area contributed by atoms with Crippen molar-refractivity contribution in [1.82, 2.24) is 0 Å². The summed E-state index contributed by atoms with van der Waals surface area (Å²) in [5.74, 6) is -3.81. The lowest BCUT2D eigenvalue weighted by Crippen LogP contribution is -1.98. The Hall–Kier alpha value is -3.35. The highest BCUT2D eigenvalue weighted by molar-refractivity contribution is 6.16. The number of rotatable bonds is 1. The molecule has 5 N–H and O–H groups in total. The average Bonchev–Trinajstić information content (AvgIpc) is 2.77. The summed E-state index contributed by atoms with van der Waals surface area (Å²) in [6.45, 7) is 0. The second kappa shape index (κ2) is 4.59. The molecule has 0 bridgehead atoms. The Morgan fingerprint density at radius 1 is 0.864 bits per heavy atom. The predicted molar refractivity (Wildman–Crippen MR) is 74.1 cm³/mol. The fraction of sp³-hybridized carbons (Fsp3) is 0. The number of hydrogen-bond acceptors (Lipinski definition) is 7. The van der Waals surface area contributed by atoms with Crippen LogP contribution in [0.2, 0.25) is 0 Å². The van der Waals surface area contributed by atoms with E-state index in [4.69, 9.17) is 4.74 Å². The first-order valence-corrected chi connectivity index (χ1v) is 6.12. The summed E-state index contributed by atoms with van der Waals surface area (Å²) in [5, 5.41) is 47.2. The van der Waals surface area contributed by atoms with Gasteiger partial charge in [0.15, 0.2) is 28.8 Å². The Morgan fingerprint density at radius 3 is 2.27 bits per heavy atom. The maximum absolute atomic E-state index is 12.2. The van der Waals surface area contributed by atoms with Crippen LogP contribution in [-0.4, -0.2) is 31.3 Å². The summed E-state index contributed by atoms with van der Waals surface area (Å²) in [4.78, 5) is 12.2. The molecular formula is C15H10O7. The number of carbonyl (C=O) groups excluding carboxylic acids is 1. The molecule has 0 unspecified atom stereocenters. The van der Waals surface area contributed by atoms with Gasteiger partial charge in [0, 0.05) is 6.07 Å². The third kappa shape index (κ3) is 1.96. The molecule has 7 heteroatoms. The summed E-state index contributed by atoms with van der Waals surface area (Å²) in [6.07, 6.45) is 1.29. The molecule has 0 aliphatic carbocycles. The minimum Gasteiger partial charge on any atom is -0.504 e. The Kier molecular flexibility index (Phi) is 2.84. The Balaban J connectivity index is 2.05. The normalized spacial score (nSPS) is 14.9. The van der Waals surface area contributed by atoms with Crippen LogP contribution in [0.15, 0.2) is 30.0 Å². The van der Waals surface area contributed by atoms with Crippen molar-refractivity contribution in [3.05, 3.63) is 41.2 Å². The maximum Gasteiger partial charge on any atom is 0.235 e. The van der Waals surface area contributed by atoms with Gasteiger partial charge in [-0.1, -0.05) is 6.07 Å². The lowest BCUT2D eigenvalue weighted by molar-refractivity contribution is 0.101. The fourth-order valence-corrected chi connectivity index (χ4v) is 2.09. The van der Waals surface area contributed by atoms with E-state index < -0.39 is 23.0 Å². The summed E-state index contributed by atoms with van der Waals surface area (Å²) in [5.41, 5.74) is 0.115. The monoisotopic (exact) mass is 302 g/mol. The highest BCUT2D eigenvalue weighted by atomic mass is 16.5. The van der Waals surface area contributed by atoms with Crippen LogP contribution in [0.5, 0.6) is 34.5 Å². The van der Waals surface area contributed by atoms with Gasteiger partial charge in [-0.2, -0.15) is 0 Å². The van der Waals surface area contributed by atoms with E-state index in [1.165, 1.54) is 24.3 Å². The van der Waals surface area contributed by atoms with E-state index >= 15 is 0 Å². The van der Waals surface area contributed by atoms with Gasteiger partial charge in [0.2, 0.25) is 11.5 Å². The van der Waals surface area contributed by atoms with Crippen LogP contribution in [0.3, 0.4) is 0 Å². The number of aromatic hydroxyl groups is 5. The van der Waals surface area contributed by atoms with E-state index in [-0.39, 0.29) is 28.6 Å². The molecule has 3 rings (SSSR count). The van der Waals surface area contributed by atoms with Gasteiger partial charge in [0.05, 0.1) is 0 Å². The van der Waals surface area contributed by atoms with Gasteiger partial charge in [-0.25, -0.2) is 0 Å². The number of hydrogen-bond donors (Lipinski definition) is 5. The van der Waals surface area contributed by atoms with E-state index in [2.05, 4.69) is 0 Å². The van der Waals surface area contributed by atoms with Crippen molar-refractivity contribution in [2.75, 3.05) is 0 Å². The number of benzene rings is 2. The topological polar surface area (TPSA) is 127 Å². The van der Waals surface area contributed by atoms with E-state index in [9.17, 15) is 30.3 Å². The summed E-state index contributed by atoms with van der Waals surface area (Å²) < 4.78 is 5.25. The molecule has 0 saturated heterocycles. The molecule has 0 aromatic heterocycles. The molecule has 0 amide bonds. The number of phenols is 5. The minimum absolute atomic E-state index is 0.0907. The largest absolute Gasteiger partial charge is 0.504 e. The van der Waals surface area contributed by atoms with Gasteiger partial charge in [-0.15, -0.1) is 0 Å². The Bertz CT molecular complexity index is 836. The number of fused-ring (bicyclic) bond motifs is 1. The molecule has 112 valence electrons. The second-order valence-corrected chi connectivity index (χ2v) is 4.65. The van der Waals surface area contributed by atoms with Gasteiger partial charge < -0.3 is 30.3 Å². The molecule has 1 aliphatic rings. The molecule has 0 atom stereocenters. The standard InChI is InChI=1S/C15H10O7/c16-7-2-1-6(3-8(7)17)4-11-14(20)12-10(22-11)5-9(18)13(19)15(12)21/h1-5,16-19,21H. The number of ether oxygens (including phenoxy) is 1. The van der Waals surface area contributed by atoms with Crippen molar-refractivity contribution < 1.29 is 35.1 Å². The molecule has 1 aliphatic heterocycles. The predicted octanol–water partition coefficient (Wildman–Crippen LogP) is 1.83.